The minimum absolute atomic E-state index is 0.597. The molecule has 0 bridgehead atoms. The number of aliphatic imine (C=N–C) groups is 1. The molecule has 4 rings (SSSR count). The maximum Gasteiger partial charge on any atom is 0.193 e. The van der Waals surface area contributed by atoms with Crippen LogP contribution in [0.3, 0.4) is 0 Å². The Balaban J connectivity index is 1.30. The monoisotopic (exact) mass is 439 g/mol. The fourth-order valence-corrected chi connectivity index (χ4v) is 4.50. The number of hydrogen-bond acceptors (Lipinski definition) is 5. The van der Waals surface area contributed by atoms with Crippen LogP contribution in [0.4, 0.5) is 5.69 Å². The van der Waals surface area contributed by atoms with Crippen molar-refractivity contribution < 1.29 is 9.15 Å². The summed E-state index contributed by atoms with van der Waals surface area (Å²) in [6, 6.07) is 15.1. The SMILES string of the molecule is CN(CCCN=C(NCCc1ccco1)N1CCC(N2CCOCC2)C1)c1ccccc1. The lowest BCUT2D eigenvalue weighted by Crippen LogP contribution is -2.47. The molecule has 2 saturated heterocycles. The number of hydrogen-bond donors (Lipinski definition) is 1. The van der Waals surface area contributed by atoms with Gasteiger partial charge in [-0.3, -0.25) is 9.89 Å². The van der Waals surface area contributed by atoms with Crippen molar-refractivity contribution in [2.45, 2.75) is 25.3 Å². The van der Waals surface area contributed by atoms with Gasteiger partial charge in [-0.05, 0) is 37.1 Å². The van der Waals surface area contributed by atoms with E-state index in [1.165, 1.54) is 12.1 Å². The lowest BCUT2D eigenvalue weighted by Gasteiger charge is -2.32. The van der Waals surface area contributed by atoms with E-state index in [1.54, 1.807) is 6.26 Å². The first-order chi connectivity index (χ1) is 15.8. The van der Waals surface area contributed by atoms with Gasteiger partial charge in [0.2, 0.25) is 0 Å². The van der Waals surface area contributed by atoms with E-state index >= 15 is 0 Å². The zero-order chi connectivity index (χ0) is 22.0. The first-order valence-electron chi connectivity index (χ1n) is 11.9. The zero-order valence-corrected chi connectivity index (χ0v) is 19.3. The molecule has 7 heteroatoms. The number of morpholine rings is 1. The molecular weight excluding hydrogens is 402 g/mol. The highest BCUT2D eigenvalue weighted by atomic mass is 16.5. The molecule has 174 valence electrons. The Morgan fingerprint density at radius 1 is 1.12 bits per heavy atom. The van der Waals surface area contributed by atoms with Crippen LogP contribution in [-0.2, 0) is 11.2 Å². The molecule has 1 atom stereocenters. The van der Waals surface area contributed by atoms with Crippen LogP contribution in [0, 0.1) is 0 Å². The topological polar surface area (TPSA) is 56.5 Å². The van der Waals surface area contributed by atoms with Crippen LogP contribution < -0.4 is 10.2 Å². The van der Waals surface area contributed by atoms with Crippen LogP contribution >= 0.6 is 0 Å². The summed E-state index contributed by atoms with van der Waals surface area (Å²) >= 11 is 0. The number of anilines is 1. The van der Waals surface area contributed by atoms with Crippen LogP contribution in [0.5, 0.6) is 0 Å². The summed E-state index contributed by atoms with van der Waals surface area (Å²) in [6.07, 6.45) is 4.82. The molecule has 3 heterocycles. The molecule has 0 aliphatic carbocycles. The van der Waals surface area contributed by atoms with Gasteiger partial charge in [-0.25, -0.2) is 0 Å². The van der Waals surface area contributed by atoms with Gasteiger partial charge in [-0.2, -0.15) is 0 Å². The number of nitrogens with zero attached hydrogens (tertiary/aromatic N) is 4. The summed E-state index contributed by atoms with van der Waals surface area (Å²) in [6.45, 7) is 8.53. The van der Waals surface area contributed by atoms with Gasteiger partial charge in [-0.15, -0.1) is 0 Å². The molecule has 2 aliphatic rings. The molecule has 1 N–H and O–H groups in total. The van der Waals surface area contributed by atoms with Gasteiger partial charge >= 0.3 is 0 Å². The Hall–Kier alpha value is -2.51. The first-order valence-corrected chi connectivity index (χ1v) is 11.9. The maximum absolute atomic E-state index is 5.53. The van der Waals surface area contributed by atoms with Gasteiger partial charge in [0.05, 0.1) is 19.5 Å². The molecule has 2 aliphatic heterocycles. The van der Waals surface area contributed by atoms with Crippen LogP contribution in [-0.4, -0.2) is 87.9 Å². The molecule has 1 aromatic heterocycles. The molecule has 2 aromatic rings. The van der Waals surface area contributed by atoms with Gasteiger partial charge in [0, 0.05) is 71.0 Å². The smallest absolute Gasteiger partial charge is 0.193 e. The third-order valence-electron chi connectivity index (χ3n) is 6.37. The van der Waals surface area contributed by atoms with Crippen molar-refractivity contribution in [3.05, 3.63) is 54.5 Å². The fourth-order valence-electron chi connectivity index (χ4n) is 4.50. The van der Waals surface area contributed by atoms with E-state index in [0.717, 1.165) is 83.6 Å². The van der Waals surface area contributed by atoms with E-state index in [9.17, 15) is 0 Å². The van der Waals surface area contributed by atoms with E-state index in [2.05, 4.69) is 57.4 Å². The summed E-state index contributed by atoms with van der Waals surface area (Å²) < 4.78 is 11.0. The van der Waals surface area contributed by atoms with Crippen molar-refractivity contribution in [1.82, 2.24) is 15.1 Å². The fraction of sp³-hybridized carbons (Fsp3) is 0.560. The van der Waals surface area contributed by atoms with Crippen LogP contribution in [0.15, 0.2) is 58.1 Å². The van der Waals surface area contributed by atoms with Crippen molar-refractivity contribution in [2.24, 2.45) is 4.99 Å². The third-order valence-corrected chi connectivity index (χ3v) is 6.37. The number of furan rings is 1. The molecule has 0 radical (unpaired) electrons. The molecule has 0 spiro atoms. The summed E-state index contributed by atoms with van der Waals surface area (Å²) in [7, 11) is 2.15. The van der Waals surface area contributed by atoms with E-state index in [4.69, 9.17) is 14.1 Å². The number of likely N-dealkylation sites (tertiary alicyclic amines) is 1. The predicted octanol–water partition coefficient (Wildman–Crippen LogP) is 2.70. The van der Waals surface area contributed by atoms with E-state index in [1.807, 2.05) is 12.1 Å². The first kappa shape index (κ1) is 22.7. The molecule has 0 saturated carbocycles. The number of ether oxygens (including phenoxy) is 1. The van der Waals surface area contributed by atoms with Gasteiger partial charge < -0.3 is 24.3 Å². The normalized spacial score (nSPS) is 20.0. The van der Waals surface area contributed by atoms with Crippen molar-refractivity contribution in [1.29, 1.82) is 0 Å². The lowest BCUT2D eigenvalue weighted by atomic mass is 10.2. The number of para-hydroxylation sites is 1. The van der Waals surface area contributed by atoms with Crippen molar-refractivity contribution in [3.8, 4) is 0 Å². The van der Waals surface area contributed by atoms with Gasteiger partial charge in [0.1, 0.15) is 5.76 Å². The highest BCUT2D eigenvalue weighted by Gasteiger charge is 2.30. The Kier molecular flexibility index (Phi) is 8.45. The molecule has 0 amide bonds. The average molecular weight is 440 g/mol. The molecule has 2 fully saturated rings. The second-order valence-corrected chi connectivity index (χ2v) is 8.61. The largest absolute Gasteiger partial charge is 0.469 e. The average Bonchev–Trinajstić information content (AvgIpc) is 3.54. The summed E-state index contributed by atoms with van der Waals surface area (Å²) in [5, 5.41) is 3.60. The maximum atomic E-state index is 5.53. The number of benzene rings is 1. The van der Waals surface area contributed by atoms with Gasteiger partial charge in [0.15, 0.2) is 5.96 Å². The highest BCUT2D eigenvalue weighted by Crippen LogP contribution is 2.17. The second kappa shape index (κ2) is 11.9. The molecular formula is C25H37N5O2. The van der Waals surface area contributed by atoms with Crippen molar-refractivity contribution in [3.63, 3.8) is 0 Å². The number of nitrogens with one attached hydrogen (secondary N) is 1. The minimum Gasteiger partial charge on any atom is -0.469 e. The summed E-state index contributed by atoms with van der Waals surface area (Å²) in [4.78, 5) is 12.3. The van der Waals surface area contributed by atoms with Crippen LogP contribution in [0.25, 0.3) is 0 Å². The number of rotatable bonds is 9. The van der Waals surface area contributed by atoms with Crippen LogP contribution in [0.1, 0.15) is 18.6 Å². The molecule has 7 nitrogen and oxygen atoms in total. The highest BCUT2D eigenvalue weighted by molar-refractivity contribution is 5.80. The van der Waals surface area contributed by atoms with Crippen LogP contribution in [0.2, 0.25) is 0 Å². The molecule has 32 heavy (non-hydrogen) atoms. The summed E-state index contributed by atoms with van der Waals surface area (Å²) in [5.41, 5.74) is 1.25. The lowest BCUT2D eigenvalue weighted by molar-refractivity contribution is 0.0195. The minimum atomic E-state index is 0.597. The third kappa shape index (κ3) is 6.50. The van der Waals surface area contributed by atoms with Gasteiger partial charge in [0.25, 0.3) is 0 Å². The Morgan fingerprint density at radius 3 is 2.75 bits per heavy atom. The van der Waals surface area contributed by atoms with E-state index < -0.39 is 0 Å². The Bertz CT molecular complexity index is 805. The summed E-state index contributed by atoms with van der Waals surface area (Å²) in [5.74, 6) is 2.05. The quantitative estimate of drug-likeness (QED) is 0.368. The van der Waals surface area contributed by atoms with Gasteiger partial charge in [-0.1, -0.05) is 18.2 Å². The standard InChI is InChI=1S/C25H37N5O2/c1-28(22-7-3-2-4-8-22)14-6-12-26-25(27-13-10-24-9-5-18-32-24)30-15-11-23(21-30)29-16-19-31-20-17-29/h2-5,7-9,18,23H,6,10-17,19-21H2,1H3,(H,26,27). The zero-order valence-electron chi connectivity index (χ0n) is 19.3. The molecule has 1 aromatic carbocycles. The van der Waals surface area contributed by atoms with E-state index in [-0.39, 0.29) is 0 Å². The number of guanidine groups is 1. The van der Waals surface area contributed by atoms with Crippen molar-refractivity contribution >= 4 is 11.6 Å². The Labute approximate surface area is 192 Å². The molecule has 1 unspecified atom stereocenters. The van der Waals surface area contributed by atoms with Crippen molar-refractivity contribution in [2.75, 3.05) is 71.0 Å². The second-order valence-electron chi connectivity index (χ2n) is 8.61. The van der Waals surface area contributed by atoms with E-state index in [0.29, 0.717) is 6.04 Å². The Morgan fingerprint density at radius 2 is 1.97 bits per heavy atom. The predicted molar refractivity (Wildman–Crippen MR) is 129 cm³/mol.